The number of fused-ring (bicyclic) bond motifs is 1. The van der Waals surface area contributed by atoms with Gasteiger partial charge in [0.2, 0.25) is 0 Å². The highest BCUT2D eigenvalue weighted by Gasteiger charge is 2.08. The standard InChI is InChI=1S/C10H8ClFN2.C2H6/c1-5-4-8(13)14-7-3-2-6(12)10(11)9(5)7;1-2/h2-4H,1H3,(H2,13,14);1-2H3. The third-order valence-electron chi connectivity index (χ3n) is 2.08. The van der Waals surface area contributed by atoms with Gasteiger partial charge in [0, 0.05) is 5.39 Å². The van der Waals surface area contributed by atoms with E-state index in [1.807, 2.05) is 20.8 Å². The topological polar surface area (TPSA) is 38.9 Å². The molecule has 0 aliphatic rings. The predicted molar refractivity (Wildman–Crippen MR) is 67.2 cm³/mol. The Morgan fingerprint density at radius 2 is 1.94 bits per heavy atom. The number of halogens is 2. The molecule has 1 heterocycles. The molecule has 0 unspecified atom stereocenters. The number of anilines is 1. The van der Waals surface area contributed by atoms with E-state index in [-0.39, 0.29) is 5.02 Å². The monoisotopic (exact) mass is 240 g/mol. The van der Waals surface area contributed by atoms with Gasteiger partial charge in [-0.1, -0.05) is 25.4 Å². The summed E-state index contributed by atoms with van der Waals surface area (Å²) < 4.78 is 13.1. The number of aryl methyl sites for hydroxylation is 1. The zero-order valence-corrected chi connectivity index (χ0v) is 10.3. The lowest BCUT2D eigenvalue weighted by molar-refractivity contribution is 0.630. The van der Waals surface area contributed by atoms with E-state index in [9.17, 15) is 4.39 Å². The zero-order chi connectivity index (χ0) is 12.3. The summed E-state index contributed by atoms with van der Waals surface area (Å²) in [6.45, 7) is 5.83. The van der Waals surface area contributed by atoms with Crippen molar-refractivity contribution in [2.75, 3.05) is 5.73 Å². The van der Waals surface area contributed by atoms with Gasteiger partial charge in [0.25, 0.3) is 0 Å². The fourth-order valence-corrected chi connectivity index (χ4v) is 1.78. The Bertz CT molecular complexity index is 512. The van der Waals surface area contributed by atoms with Gasteiger partial charge in [-0.15, -0.1) is 0 Å². The molecule has 2 rings (SSSR count). The fourth-order valence-electron chi connectivity index (χ4n) is 1.47. The van der Waals surface area contributed by atoms with E-state index >= 15 is 0 Å². The lowest BCUT2D eigenvalue weighted by Gasteiger charge is -2.05. The second kappa shape index (κ2) is 5.12. The second-order valence-corrected chi connectivity index (χ2v) is 3.50. The van der Waals surface area contributed by atoms with Crippen LogP contribution in [0.2, 0.25) is 5.02 Å². The van der Waals surface area contributed by atoms with E-state index in [1.165, 1.54) is 6.07 Å². The SMILES string of the molecule is CC.Cc1cc(N)nc2ccc(F)c(Cl)c12. The molecule has 2 nitrogen and oxygen atoms in total. The first-order valence-corrected chi connectivity index (χ1v) is 5.48. The molecule has 2 aromatic rings. The minimum atomic E-state index is -0.436. The molecule has 0 radical (unpaired) electrons. The number of hydrogen-bond donors (Lipinski definition) is 1. The maximum Gasteiger partial charge on any atom is 0.142 e. The number of pyridine rings is 1. The molecule has 0 amide bonds. The van der Waals surface area contributed by atoms with E-state index in [2.05, 4.69) is 4.98 Å². The molecule has 0 aliphatic heterocycles. The van der Waals surface area contributed by atoms with E-state index in [1.54, 1.807) is 12.1 Å². The zero-order valence-electron chi connectivity index (χ0n) is 9.51. The van der Waals surface area contributed by atoms with Crippen LogP contribution < -0.4 is 5.73 Å². The molecular formula is C12H14ClFN2. The summed E-state index contributed by atoms with van der Waals surface area (Å²) in [4.78, 5) is 4.07. The van der Waals surface area contributed by atoms with Crippen molar-refractivity contribution in [3.63, 3.8) is 0 Å². The van der Waals surface area contributed by atoms with Crippen molar-refractivity contribution >= 4 is 28.3 Å². The maximum atomic E-state index is 13.1. The summed E-state index contributed by atoms with van der Waals surface area (Å²) in [5.74, 6) is -0.0217. The molecule has 86 valence electrons. The molecule has 1 aromatic carbocycles. The Morgan fingerprint density at radius 1 is 1.31 bits per heavy atom. The summed E-state index contributed by atoms with van der Waals surface area (Å²) >= 11 is 5.83. The molecule has 4 heteroatoms. The van der Waals surface area contributed by atoms with E-state index in [0.29, 0.717) is 16.7 Å². The van der Waals surface area contributed by atoms with Crippen LogP contribution in [0.15, 0.2) is 18.2 Å². The first kappa shape index (κ1) is 12.7. The third-order valence-corrected chi connectivity index (χ3v) is 2.45. The number of nitrogens with zero attached hydrogens (tertiary/aromatic N) is 1. The Labute approximate surface area is 99.2 Å². The van der Waals surface area contributed by atoms with Crippen LogP contribution in [0.3, 0.4) is 0 Å². The summed E-state index contributed by atoms with van der Waals surface area (Å²) in [6, 6.07) is 4.53. The van der Waals surface area contributed by atoms with E-state index in [0.717, 1.165) is 5.56 Å². The molecule has 1 aromatic heterocycles. The number of aromatic nitrogens is 1. The lowest BCUT2D eigenvalue weighted by atomic mass is 10.1. The molecule has 0 saturated carbocycles. The van der Waals surface area contributed by atoms with E-state index < -0.39 is 5.82 Å². The quantitative estimate of drug-likeness (QED) is 0.757. The summed E-state index contributed by atoms with van der Waals surface area (Å²) in [5, 5.41) is 0.730. The Balaban J connectivity index is 0.000000606. The molecule has 0 atom stereocenters. The molecule has 2 N–H and O–H groups in total. The number of nitrogen functional groups attached to an aromatic ring is 1. The normalized spacial score (nSPS) is 9.81. The van der Waals surface area contributed by atoms with Gasteiger partial charge in [0.15, 0.2) is 0 Å². The Morgan fingerprint density at radius 3 is 2.56 bits per heavy atom. The van der Waals surface area contributed by atoms with Gasteiger partial charge in [-0.05, 0) is 30.7 Å². The Kier molecular flexibility index (Phi) is 4.07. The van der Waals surface area contributed by atoms with Crippen molar-refractivity contribution in [1.82, 2.24) is 4.98 Å². The number of rotatable bonds is 0. The van der Waals surface area contributed by atoms with Gasteiger partial charge in [-0.3, -0.25) is 0 Å². The van der Waals surface area contributed by atoms with Gasteiger partial charge in [-0.2, -0.15) is 0 Å². The van der Waals surface area contributed by atoms with Gasteiger partial charge >= 0.3 is 0 Å². The van der Waals surface area contributed by atoms with Gasteiger partial charge in [-0.25, -0.2) is 9.37 Å². The van der Waals surface area contributed by atoms with Crippen LogP contribution in [-0.2, 0) is 0 Å². The van der Waals surface area contributed by atoms with Crippen molar-refractivity contribution in [2.45, 2.75) is 20.8 Å². The first-order valence-electron chi connectivity index (χ1n) is 5.10. The fraction of sp³-hybridized carbons (Fsp3) is 0.250. The molecule has 0 fully saturated rings. The van der Waals surface area contributed by atoms with Crippen molar-refractivity contribution in [3.8, 4) is 0 Å². The van der Waals surface area contributed by atoms with Crippen LogP contribution >= 0.6 is 11.6 Å². The highest BCUT2D eigenvalue weighted by atomic mass is 35.5. The number of benzene rings is 1. The van der Waals surface area contributed by atoms with Crippen molar-refractivity contribution in [3.05, 3.63) is 34.6 Å². The first-order chi connectivity index (χ1) is 7.59. The van der Waals surface area contributed by atoms with Gasteiger partial charge in [0.1, 0.15) is 11.6 Å². The summed E-state index contributed by atoms with van der Waals surface area (Å²) in [5.41, 5.74) is 7.01. The molecule has 16 heavy (non-hydrogen) atoms. The molecule has 0 bridgehead atoms. The Hall–Kier alpha value is -1.35. The van der Waals surface area contributed by atoms with Crippen LogP contribution in [0.4, 0.5) is 10.2 Å². The third kappa shape index (κ3) is 2.25. The molecule has 0 aliphatic carbocycles. The van der Waals surface area contributed by atoms with Crippen molar-refractivity contribution in [2.24, 2.45) is 0 Å². The molecular weight excluding hydrogens is 227 g/mol. The minimum Gasteiger partial charge on any atom is -0.384 e. The predicted octanol–water partition coefficient (Wildman–Crippen LogP) is 3.94. The molecule has 0 saturated heterocycles. The van der Waals surface area contributed by atoms with Crippen LogP contribution in [0, 0.1) is 12.7 Å². The lowest BCUT2D eigenvalue weighted by Crippen LogP contribution is -1.93. The summed E-state index contributed by atoms with van der Waals surface area (Å²) in [7, 11) is 0. The second-order valence-electron chi connectivity index (χ2n) is 3.12. The summed E-state index contributed by atoms with van der Waals surface area (Å²) in [6.07, 6.45) is 0. The highest BCUT2D eigenvalue weighted by molar-refractivity contribution is 6.35. The maximum absolute atomic E-state index is 13.1. The largest absolute Gasteiger partial charge is 0.384 e. The van der Waals surface area contributed by atoms with Gasteiger partial charge < -0.3 is 5.73 Å². The minimum absolute atomic E-state index is 0.104. The highest BCUT2D eigenvalue weighted by Crippen LogP contribution is 2.28. The molecule has 0 spiro atoms. The average Bonchev–Trinajstić information content (AvgIpc) is 2.26. The van der Waals surface area contributed by atoms with Crippen LogP contribution in [0.1, 0.15) is 19.4 Å². The number of hydrogen-bond acceptors (Lipinski definition) is 2. The van der Waals surface area contributed by atoms with Crippen molar-refractivity contribution in [1.29, 1.82) is 0 Å². The smallest absolute Gasteiger partial charge is 0.142 e. The van der Waals surface area contributed by atoms with Crippen LogP contribution in [-0.4, -0.2) is 4.98 Å². The van der Waals surface area contributed by atoms with Gasteiger partial charge in [0.05, 0.1) is 10.5 Å². The average molecular weight is 241 g/mol. The number of nitrogens with two attached hydrogens (primary N) is 1. The van der Waals surface area contributed by atoms with Crippen molar-refractivity contribution < 1.29 is 4.39 Å². The van der Waals surface area contributed by atoms with Crippen LogP contribution in [0.25, 0.3) is 10.9 Å². The van der Waals surface area contributed by atoms with E-state index in [4.69, 9.17) is 17.3 Å². The van der Waals surface area contributed by atoms with Crippen LogP contribution in [0.5, 0.6) is 0 Å².